The fourth-order valence-electron chi connectivity index (χ4n) is 2.64. The lowest BCUT2D eigenvalue weighted by Crippen LogP contribution is -2.52. The van der Waals surface area contributed by atoms with Crippen molar-refractivity contribution < 1.29 is 19.1 Å². The van der Waals surface area contributed by atoms with Crippen LogP contribution in [0.1, 0.15) is 18.9 Å². The van der Waals surface area contributed by atoms with Crippen LogP contribution < -0.4 is 10.6 Å². The van der Waals surface area contributed by atoms with E-state index in [-0.39, 0.29) is 24.5 Å². The number of nitrogens with one attached hydrogen (secondary N) is 2. The van der Waals surface area contributed by atoms with Crippen molar-refractivity contribution in [1.82, 2.24) is 15.5 Å². The molecular weight excluding hydrogens is 349 g/mol. The fraction of sp³-hybridized carbons (Fsp3) is 0.412. The van der Waals surface area contributed by atoms with Crippen molar-refractivity contribution >= 4 is 23.4 Å². The van der Waals surface area contributed by atoms with E-state index in [0.717, 1.165) is 11.8 Å². The molecule has 1 atom stereocenters. The van der Waals surface area contributed by atoms with Crippen LogP contribution in [0.2, 0.25) is 5.02 Å². The maximum atomic E-state index is 13.3. The second kappa shape index (κ2) is 7.84. The van der Waals surface area contributed by atoms with E-state index < -0.39 is 23.2 Å². The Morgan fingerprint density at radius 1 is 1.44 bits per heavy atom. The predicted molar refractivity (Wildman–Crippen MR) is 92.2 cm³/mol. The molecule has 1 saturated heterocycles. The summed E-state index contributed by atoms with van der Waals surface area (Å²) in [6.45, 7) is 6.59. The monoisotopic (exact) mass is 369 g/mol. The number of halogens is 2. The van der Waals surface area contributed by atoms with Crippen molar-refractivity contribution in [2.75, 3.05) is 19.6 Å². The van der Waals surface area contributed by atoms with Gasteiger partial charge in [0.25, 0.3) is 11.8 Å². The van der Waals surface area contributed by atoms with Crippen molar-refractivity contribution in [1.29, 1.82) is 0 Å². The predicted octanol–water partition coefficient (Wildman–Crippen LogP) is 1.18. The number of aliphatic hydroxyl groups is 1. The summed E-state index contributed by atoms with van der Waals surface area (Å²) < 4.78 is 13.3. The highest BCUT2D eigenvalue weighted by molar-refractivity contribution is 6.30. The highest BCUT2D eigenvalue weighted by atomic mass is 35.5. The minimum atomic E-state index is -2.10. The van der Waals surface area contributed by atoms with Crippen molar-refractivity contribution in [2.45, 2.75) is 25.5 Å². The summed E-state index contributed by atoms with van der Waals surface area (Å²) in [5.74, 6) is -1.96. The van der Waals surface area contributed by atoms with E-state index in [4.69, 9.17) is 11.6 Å². The zero-order valence-corrected chi connectivity index (χ0v) is 14.7. The third kappa shape index (κ3) is 4.70. The number of likely N-dealkylation sites (tertiary alicyclic amines) is 1. The van der Waals surface area contributed by atoms with E-state index in [1.54, 1.807) is 6.92 Å². The van der Waals surface area contributed by atoms with Gasteiger partial charge < -0.3 is 20.6 Å². The summed E-state index contributed by atoms with van der Waals surface area (Å²) in [6.07, 6.45) is 0.00858. The van der Waals surface area contributed by atoms with Gasteiger partial charge in [-0.15, -0.1) is 0 Å². The standard InChI is InChI=1S/C17H21ClFN3O3/c1-11(2)20-4-6-22-5-3-17(25,16(22)24)15(23)21-10-12-7-13(18)9-14(19)8-12/h7-9,20,25H,1,3-6,10H2,2H3,(H,21,23). The molecule has 1 fully saturated rings. The van der Waals surface area contributed by atoms with Gasteiger partial charge in [0.2, 0.25) is 5.60 Å². The molecule has 0 bridgehead atoms. The van der Waals surface area contributed by atoms with Gasteiger partial charge in [-0.2, -0.15) is 0 Å². The smallest absolute Gasteiger partial charge is 0.264 e. The van der Waals surface area contributed by atoms with Crippen LogP contribution in [0.3, 0.4) is 0 Å². The lowest BCUT2D eigenvalue weighted by Gasteiger charge is -2.22. The van der Waals surface area contributed by atoms with Crippen LogP contribution in [0, 0.1) is 5.82 Å². The van der Waals surface area contributed by atoms with Crippen LogP contribution in [-0.2, 0) is 16.1 Å². The van der Waals surface area contributed by atoms with Crippen LogP contribution in [0.5, 0.6) is 0 Å². The van der Waals surface area contributed by atoms with Crippen molar-refractivity contribution in [2.24, 2.45) is 0 Å². The van der Waals surface area contributed by atoms with Crippen LogP contribution in [0.4, 0.5) is 4.39 Å². The Kier molecular flexibility index (Phi) is 6.02. The van der Waals surface area contributed by atoms with E-state index >= 15 is 0 Å². The average Bonchev–Trinajstić information content (AvgIpc) is 2.81. The molecule has 136 valence electrons. The minimum absolute atomic E-state index is 0.00858. The van der Waals surface area contributed by atoms with E-state index in [9.17, 15) is 19.1 Å². The number of nitrogens with zero attached hydrogens (tertiary/aromatic N) is 1. The molecule has 0 aromatic heterocycles. The zero-order chi connectivity index (χ0) is 18.6. The molecule has 6 nitrogen and oxygen atoms in total. The van der Waals surface area contributed by atoms with Gasteiger partial charge in [0, 0.05) is 43.3 Å². The van der Waals surface area contributed by atoms with Gasteiger partial charge in [0.05, 0.1) is 0 Å². The second-order valence-electron chi connectivity index (χ2n) is 6.07. The summed E-state index contributed by atoms with van der Waals surface area (Å²) in [5.41, 5.74) is -0.885. The SMILES string of the molecule is C=C(C)NCCN1CCC(O)(C(=O)NCc2cc(F)cc(Cl)c2)C1=O. The van der Waals surface area contributed by atoms with Crippen LogP contribution in [0.15, 0.2) is 30.5 Å². The van der Waals surface area contributed by atoms with Crippen LogP contribution >= 0.6 is 11.6 Å². The number of amides is 2. The number of carbonyl (C=O) groups is 2. The number of hydrogen-bond donors (Lipinski definition) is 3. The zero-order valence-electron chi connectivity index (χ0n) is 13.9. The molecule has 2 rings (SSSR count). The van der Waals surface area contributed by atoms with Crippen LogP contribution in [-0.4, -0.2) is 47.1 Å². The molecule has 1 aromatic rings. The Balaban J connectivity index is 1.94. The molecule has 0 radical (unpaired) electrons. The third-order valence-corrected chi connectivity index (χ3v) is 4.16. The summed E-state index contributed by atoms with van der Waals surface area (Å²) in [4.78, 5) is 26.1. The van der Waals surface area contributed by atoms with Gasteiger partial charge in [-0.1, -0.05) is 18.2 Å². The van der Waals surface area contributed by atoms with E-state index in [0.29, 0.717) is 18.7 Å². The maximum absolute atomic E-state index is 13.3. The largest absolute Gasteiger partial charge is 0.387 e. The molecule has 1 aliphatic heterocycles. The molecule has 3 N–H and O–H groups in total. The summed E-state index contributed by atoms with van der Waals surface area (Å²) in [5, 5.41) is 16.1. The van der Waals surface area contributed by atoms with Crippen molar-refractivity contribution in [3.05, 3.63) is 46.9 Å². The molecule has 1 unspecified atom stereocenters. The van der Waals surface area contributed by atoms with Gasteiger partial charge in [0.15, 0.2) is 0 Å². The number of benzene rings is 1. The first-order valence-electron chi connectivity index (χ1n) is 7.87. The Labute approximate surface area is 150 Å². The highest BCUT2D eigenvalue weighted by Gasteiger charge is 2.50. The Morgan fingerprint density at radius 2 is 2.16 bits per heavy atom. The van der Waals surface area contributed by atoms with Gasteiger partial charge in [-0.05, 0) is 30.7 Å². The molecule has 0 spiro atoms. The number of carbonyl (C=O) groups excluding carboxylic acids is 2. The summed E-state index contributed by atoms with van der Waals surface area (Å²) in [7, 11) is 0. The Hall–Kier alpha value is -2.12. The fourth-order valence-corrected chi connectivity index (χ4v) is 2.88. The van der Waals surface area contributed by atoms with Crippen molar-refractivity contribution in [3.8, 4) is 0 Å². The lowest BCUT2D eigenvalue weighted by atomic mass is 10.0. The topological polar surface area (TPSA) is 81.7 Å². The molecule has 8 heteroatoms. The molecule has 1 heterocycles. The first kappa shape index (κ1) is 19.2. The lowest BCUT2D eigenvalue weighted by molar-refractivity contribution is -0.154. The molecular formula is C17H21ClFN3O3. The minimum Gasteiger partial charge on any atom is -0.387 e. The average molecular weight is 370 g/mol. The summed E-state index contributed by atoms with van der Waals surface area (Å²) in [6, 6.07) is 3.88. The molecule has 2 amide bonds. The van der Waals surface area contributed by atoms with E-state index in [1.807, 2.05) is 0 Å². The molecule has 1 aromatic carbocycles. The van der Waals surface area contributed by atoms with Gasteiger partial charge in [-0.25, -0.2) is 4.39 Å². The normalized spacial score (nSPS) is 19.8. The molecule has 0 saturated carbocycles. The summed E-state index contributed by atoms with van der Waals surface area (Å²) >= 11 is 5.76. The second-order valence-corrected chi connectivity index (χ2v) is 6.51. The molecule has 0 aliphatic carbocycles. The van der Waals surface area contributed by atoms with Crippen molar-refractivity contribution in [3.63, 3.8) is 0 Å². The first-order valence-corrected chi connectivity index (χ1v) is 8.24. The Bertz CT molecular complexity index is 677. The van der Waals surface area contributed by atoms with E-state index in [1.165, 1.54) is 17.0 Å². The first-order chi connectivity index (χ1) is 11.7. The third-order valence-electron chi connectivity index (χ3n) is 3.94. The van der Waals surface area contributed by atoms with Gasteiger partial charge in [0.1, 0.15) is 5.82 Å². The Morgan fingerprint density at radius 3 is 2.80 bits per heavy atom. The maximum Gasteiger partial charge on any atom is 0.264 e. The van der Waals surface area contributed by atoms with Gasteiger partial charge >= 0.3 is 0 Å². The quantitative estimate of drug-likeness (QED) is 0.630. The van der Waals surface area contributed by atoms with Gasteiger partial charge in [-0.3, -0.25) is 9.59 Å². The van der Waals surface area contributed by atoms with E-state index in [2.05, 4.69) is 17.2 Å². The van der Waals surface area contributed by atoms with Crippen LogP contribution in [0.25, 0.3) is 0 Å². The number of allylic oxidation sites excluding steroid dienone is 1. The molecule has 1 aliphatic rings. The highest BCUT2D eigenvalue weighted by Crippen LogP contribution is 2.23. The molecule has 25 heavy (non-hydrogen) atoms. The number of rotatable bonds is 7. The number of hydrogen-bond acceptors (Lipinski definition) is 4.